The molecule has 0 spiro atoms. The van der Waals surface area contributed by atoms with Gasteiger partial charge in [0, 0.05) is 37.3 Å². The number of halogens is 1. The van der Waals surface area contributed by atoms with Crippen LogP contribution in [0.25, 0.3) is 0 Å². The number of urea groups is 1. The van der Waals surface area contributed by atoms with Gasteiger partial charge in [0.05, 0.1) is 6.61 Å². The largest absolute Gasteiger partial charge is 0.465 e. The Hall–Kier alpha value is -3.07. The Morgan fingerprint density at radius 1 is 1.14 bits per heavy atom. The lowest BCUT2D eigenvalue weighted by Crippen LogP contribution is -2.52. The van der Waals surface area contributed by atoms with E-state index in [9.17, 15) is 9.59 Å². The van der Waals surface area contributed by atoms with E-state index < -0.39 is 5.97 Å². The van der Waals surface area contributed by atoms with Gasteiger partial charge in [-0.15, -0.1) is 0 Å². The number of aromatic nitrogens is 2. The number of amides is 2. The van der Waals surface area contributed by atoms with Crippen molar-refractivity contribution in [2.45, 2.75) is 6.92 Å². The van der Waals surface area contributed by atoms with Crippen LogP contribution >= 0.6 is 11.6 Å². The zero-order valence-corrected chi connectivity index (χ0v) is 16.8. The van der Waals surface area contributed by atoms with Crippen molar-refractivity contribution < 1.29 is 19.1 Å². The molecule has 1 aromatic carbocycles. The number of ether oxygens (including phenoxy) is 2. The monoisotopic (exact) mass is 419 g/mol. The van der Waals surface area contributed by atoms with E-state index in [0.717, 1.165) is 5.82 Å². The van der Waals surface area contributed by atoms with Crippen molar-refractivity contribution in [1.29, 1.82) is 0 Å². The smallest absolute Gasteiger partial charge is 0.325 e. The molecule has 1 saturated heterocycles. The van der Waals surface area contributed by atoms with Crippen LogP contribution < -0.4 is 15.0 Å². The van der Waals surface area contributed by atoms with Crippen LogP contribution in [0.5, 0.6) is 11.6 Å². The number of benzene rings is 1. The average molecular weight is 420 g/mol. The maximum atomic E-state index is 12.2. The minimum atomic E-state index is -0.450. The molecule has 1 aromatic heterocycles. The van der Waals surface area contributed by atoms with E-state index in [1.54, 1.807) is 42.2 Å². The van der Waals surface area contributed by atoms with Crippen molar-refractivity contribution >= 4 is 29.4 Å². The Morgan fingerprint density at radius 2 is 1.86 bits per heavy atom. The fourth-order valence-electron chi connectivity index (χ4n) is 2.79. The minimum absolute atomic E-state index is 0.135. The maximum absolute atomic E-state index is 12.2. The Bertz CT molecular complexity index is 841. The van der Waals surface area contributed by atoms with Crippen molar-refractivity contribution in [2.24, 2.45) is 0 Å². The molecule has 0 atom stereocenters. The number of rotatable bonds is 6. The summed E-state index contributed by atoms with van der Waals surface area (Å²) in [5.41, 5.74) is 0. The van der Waals surface area contributed by atoms with Gasteiger partial charge in [0.25, 0.3) is 0 Å². The number of esters is 1. The predicted molar refractivity (Wildman–Crippen MR) is 107 cm³/mol. The molecule has 1 fully saturated rings. The van der Waals surface area contributed by atoms with Gasteiger partial charge < -0.3 is 24.6 Å². The summed E-state index contributed by atoms with van der Waals surface area (Å²) < 4.78 is 10.5. The number of nitrogens with zero attached hydrogens (tertiary/aromatic N) is 4. The normalized spacial score (nSPS) is 13.7. The van der Waals surface area contributed by atoms with Gasteiger partial charge in [-0.05, 0) is 31.2 Å². The molecule has 1 N–H and O–H groups in total. The van der Waals surface area contributed by atoms with Gasteiger partial charge in [-0.3, -0.25) is 4.79 Å². The van der Waals surface area contributed by atoms with Gasteiger partial charge in [0.2, 0.25) is 5.88 Å². The summed E-state index contributed by atoms with van der Waals surface area (Å²) in [6.45, 7) is 4.09. The first-order valence-corrected chi connectivity index (χ1v) is 9.61. The highest BCUT2D eigenvalue weighted by molar-refractivity contribution is 6.30. The summed E-state index contributed by atoms with van der Waals surface area (Å²) in [6.07, 6.45) is 1.44. The fourth-order valence-corrected chi connectivity index (χ4v) is 2.92. The second kappa shape index (κ2) is 9.92. The molecule has 0 unspecified atom stereocenters. The Labute approximate surface area is 173 Å². The quantitative estimate of drug-likeness (QED) is 0.717. The lowest BCUT2D eigenvalue weighted by atomic mass is 10.3. The first-order valence-electron chi connectivity index (χ1n) is 9.24. The van der Waals surface area contributed by atoms with Crippen molar-refractivity contribution in [3.63, 3.8) is 0 Å². The standard InChI is InChI=1S/C19H22ClN5O4/c1-2-28-18(26)12-21-19(27)25-9-7-24(8-10-25)16-11-17(23-13-22-16)29-15-5-3-14(20)4-6-15/h3-6,11,13H,2,7-10,12H2,1H3,(H,21,27). The third-order valence-corrected chi connectivity index (χ3v) is 4.50. The fraction of sp³-hybridized carbons (Fsp3) is 0.368. The summed E-state index contributed by atoms with van der Waals surface area (Å²) in [4.78, 5) is 35.7. The van der Waals surface area contributed by atoms with Crippen LogP contribution in [0.2, 0.25) is 5.02 Å². The van der Waals surface area contributed by atoms with Crippen LogP contribution in [0.1, 0.15) is 6.92 Å². The van der Waals surface area contributed by atoms with E-state index >= 15 is 0 Å². The predicted octanol–water partition coefficient (Wildman–Crippen LogP) is 2.32. The molecule has 29 heavy (non-hydrogen) atoms. The molecule has 2 heterocycles. The van der Waals surface area contributed by atoms with Gasteiger partial charge >= 0.3 is 12.0 Å². The second-order valence-electron chi connectivity index (χ2n) is 6.21. The van der Waals surface area contributed by atoms with E-state index in [1.807, 2.05) is 4.90 Å². The number of carbonyl (C=O) groups excluding carboxylic acids is 2. The van der Waals surface area contributed by atoms with Gasteiger partial charge in [-0.2, -0.15) is 0 Å². The third-order valence-electron chi connectivity index (χ3n) is 4.24. The summed E-state index contributed by atoms with van der Waals surface area (Å²) in [5, 5.41) is 3.20. The molecule has 9 nitrogen and oxygen atoms in total. The average Bonchev–Trinajstić information content (AvgIpc) is 2.74. The number of anilines is 1. The zero-order valence-electron chi connectivity index (χ0n) is 16.0. The highest BCUT2D eigenvalue weighted by atomic mass is 35.5. The zero-order chi connectivity index (χ0) is 20.6. The van der Waals surface area contributed by atoms with Crippen molar-refractivity contribution in [1.82, 2.24) is 20.2 Å². The van der Waals surface area contributed by atoms with Crippen LogP contribution in [0.4, 0.5) is 10.6 Å². The van der Waals surface area contributed by atoms with Crippen LogP contribution in [-0.2, 0) is 9.53 Å². The first kappa shape index (κ1) is 20.7. The highest BCUT2D eigenvalue weighted by Gasteiger charge is 2.22. The lowest BCUT2D eigenvalue weighted by molar-refractivity contribution is -0.141. The Kier molecular flexibility index (Phi) is 7.07. The van der Waals surface area contributed by atoms with Crippen LogP contribution in [0.15, 0.2) is 36.7 Å². The molecule has 0 saturated carbocycles. The molecular formula is C19H22ClN5O4. The van der Waals surface area contributed by atoms with E-state index in [0.29, 0.717) is 42.8 Å². The molecule has 2 aromatic rings. The molecule has 1 aliphatic rings. The summed E-state index contributed by atoms with van der Waals surface area (Å²) in [6, 6.07) is 8.48. The summed E-state index contributed by atoms with van der Waals surface area (Å²) >= 11 is 5.88. The van der Waals surface area contributed by atoms with Gasteiger partial charge in [0.1, 0.15) is 24.4 Å². The first-order chi connectivity index (χ1) is 14.0. The number of nitrogens with one attached hydrogen (secondary N) is 1. The number of hydrogen-bond donors (Lipinski definition) is 1. The van der Waals surface area contributed by atoms with Crippen molar-refractivity contribution in [3.8, 4) is 11.6 Å². The van der Waals surface area contributed by atoms with Crippen molar-refractivity contribution in [3.05, 3.63) is 41.7 Å². The number of carbonyl (C=O) groups is 2. The molecule has 2 amide bonds. The molecule has 0 radical (unpaired) electrons. The summed E-state index contributed by atoms with van der Waals surface area (Å²) in [5.74, 6) is 1.32. The van der Waals surface area contributed by atoms with E-state index in [4.69, 9.17) is 21.1 Å². The van der Waals surface area contributed by atoms with E-state index in [2.05, 4.69) is 15.3 Å². The molecule has 3 rings (SSSR count). The van der Waals surface area contributed by atoms with Gasteiger partial charge in [-0.1, -0.05) is 11.6 Å². The van der Waals surface area contributed by atoms with Crippen LogP contribution in [0.3, 0.4) is 0 Å². The van der Waals surface area contributed by atoms with Gasteiger partial charge in [0.15, 0.2) is 0 Å². The minimum Gasteiger partial charge on any atom is -0.465 e. The molecule has 154 valence electrons. The molecule has 10 heteroatoms. The maximum Gasteiger partial charge on any atom is 0.325 e. The topological polar surface area (TPSA) is 96.9 Å². The third kappa shape index (κ3) is 5.95. The molecule has 0 bridgehead atoms. The second-order valence-corrected chi connectivity index (χ2v) is 6.64. The SMILES string of the molecule is CCOC(=O)CNC(=O)N1CCN(c2cc(Oc3ccc(Cl)cc3)ncn2)CC1. The summed E-state index contributed by atoms with van der Waals surface area (Å²) in [7, 11) is 0. The highest BCUT2D eigenvalue weighted by Crippen LogP contribution is 2.24. The van der Waals surface area contributed by atoms with Crippen LogP contribution in [-0.4, -0.2) is 66.2 Å². The number of piperazine rings is 1. The van der Waals surface area contributed by atoms with Gasteiger partial charge in [-0.25, -0.2) is 14.8 Å². The van der Waals surface area contributed by atoms with E-state index in [-0.39, 0.29) is 19.2 Å². The molecule has 1 aliphatic heterocycles. The molecular weight excluding hydrogens is 398 g/mol. The Balaban J connectivity index is 1.52. The Morgan fingerprint density at radius 3 is 2.55 bits per heavy atom. The van der Waals surface area contributed by atoms with Crippen LogP contribution in [0, 0.1) is 0 Å². The number of hydrogen-bond acceptors (Lipinski definition) is 7. The lowest BCUT2D eigenvalue weighted by Gasteiger charge is -2.35. The van der Waals surface area contributed by atoms with E-state index in [1.165, 1.54) is 6.33 Å². The van der Waals surface area contributed by atoms with Crippen molar-refractivity contribution in [2.75, 3.05) is 44.2 Å². The molecule has 0 aliphatic carbocycles.